The number of nitrogens with one attached hydrogen (secondary N) is 1. The zero-order valence-corrected chi connectivity index (χ0v) is 11.0. The van der Waals surface area contributed by atoms with Crippen molar-refractivity contribution in [2.24, 2.45) is 0 Å². The van der Waals surface area contributed by atoms with Gasteiger partial charge >= 0.3 is 0 Å². The molecule has 0 amide bonds. The average molecular weight is 229 g/mol. The molecule has 1 N–H and O–H groups in total. The van der Waals surface area contributed by atoms with Crippen LogP contribution in [-0.4, -0.2) is 75.9 Å². The minimum atomic E-state index is 0.382. The summed E-state index contributed by atoms with van der Waals surface area (Å²) in [7, 11) is 4.26. The summed E-state index contributed by atoms with van der Waals surface area (Å²) in [5, 5.41) is 3.38. The summed E-state index contributed by atoms with van der Waals surface area (Å²) >= 11 is 0. The molecule has 1 rings (SSSR count). The Balaban J connectivity index is 2.14. The molecule has 0 aliphatic carbocycles. The molecule has 96 valence electrons. The van der Waals surface area contributed by atoms with E-state index in [1.54, 1.807) is 0 Å². The summed E-state index contributed by atoms with van der Waals surface area (Å²) in [4.78, 5) is 4.73. The molecule has 1 heterocycles. The third kappa shape index (κ3) is 5.80. The summed E-state index contributed by atoms with van der Waals surface area (Å²) in [6.45, 7) is 9.62. The standard InChI is InChI=1S/C12H27N3O/c1-4-15(8-5-7-14(2)3)11-12-10-13-6-9-16-12/h12-13H,4-11H2,1-3H3. The van der Waals surface area contributed by atoms with Gasteiger partial charge in [0.2, 0.25) is 0 Å². The van der Waals surface area contributed by atoms with Gasteiger partial charge in [0.25, 0.3) is 0 Å². The van der Waals surface area contributed by atoms with Gasteiger partial charge < -0.3 is 19.9 Å². The van der Waals surface area contributed by atoms with Crippen molar-refractivity contribution in [3.63, 3.8) is 0 Å². The molecule has 0 aromatic carbocycles. The molecular formula is C12H27N3O. The molecule has 1 unspecified atom stereocenters. The van der Waals surface area contributed by atoms with Crippen molar-refractivity contribution in [3.05, 3.63) is 0 Å². The molecule has 1 aliphatic heterocycles. The summed E-state index contributed by atoms with van der Waals surface area (Å²) in [5.41, 5.74) is 0. The van der Waals surface area contributed by atoms with E-state index >= 15 is 0 Å². The monoisotopic (exact) mass is 229 g/mol. The normalized spacial score (nSPS) is 21.9. The second-order valence-corrected chi connectivity index (χ2v) is 4.75. The van der Waals surface area contributed by atoms with Crippen molar-refractivity contribution in [1.29, 1.82) is 0 Å². The van der Waals surface area contributed by atoms with Crippen molar-refractivity contribution in [3.8, 4) is 0 Å². The zero-order valence-electron chi connectivity index (χ0n) is 11.0. The minimum Gasteiger partial charge on any atom is -0.374 e. The van der Waals surface area contributed by atoms with Gasteiger partial charge in [-0.2, -0.15) is 0 Å². The van der Waals surface area contributed by atoms with E-state index in [9.17, 15) is 0 Å². The zero-order chi connectivity index (χ0) is 11.8. The fourth-order valence-corrected chi connectivity index (χ4v) is 2.01. The molecular weight excluding hydrogens is 202 g/mol. The van der Waals surface area contributed by atoms with Gasteiger partial charge in [0.05, 0.1) is 12.7 Å². The molecule has 1 fully saturated rings. The third-order valence-electron chi connectivity index (χ3n) is 2.99. The Morgan fingerprint density at radius 3 is 2.69 bits per heavy atom. The van der Waals surface area contributed by atoms with Gasteiger partial charge in [-0.25, -0.2) is 0 Å². The highest BCUT2D eigenvalue weighted by Gasteiger charge is 2.16. The van der Waals surface area contributed by atoms with Crippen molar-refractivity contribution in [2.45, 2.75) is 19.4 Å². The van der Waals surface area contributed by atoms with Gasteiger partial charge in [0.15, 0.2) is 0 Å². The SMILES string of the molecule is CCN(CCCN(C)C)CC1CNCCO1. The lowest BCUT2D eigenvalue weighted by molar-refractivity contribution is 0.00602. The number of morpholine rings is 1. The molecule has 0 aromatic rings. The van der Waals surface area contributed by atoms with E-state index < -0.39 is 0 Å². The first-order valence-electron chi connectivity index (χ1n) is 6.41. The van der Waals surface area contributed by atoms with Crippen LogP contribution in [0.15, 0.2) is 0 Å². The van der Waals surface area contributed by atoms with E-state index in [2.05, 4.69) is 36.1 Å². The lowest BCUT2D eigenvalue weighted by Gasteiger charge is -2.29. The predicted molar refractivity (Wildman–Crippen MR) is 67.9 cm³/mol. The van der Waals surface area contributed by atoms with Crippen LogP contribution in [0, 0.1) is 0 Å². The number of rotatable bonds is 7. The van der Waals surface area contributed by atoms with Crippen LogP contribution in [0.4, 0.5) is 0 Å². The molecule has 4 nitrogen and oxygen atoms in total. The Hall–Kier alpha value is -0.160. The highest BCUT2D eigenvalue weighted by Crippen LogP contribution is 2.01. The summed E-state index contributed by atoms with van der Waals surface area (Å²) in [6, 6.07) is 0. The topological polar surface area (TPSA) is 27.7 Å². The van der Waals surface area contributed by atoms with E-state index in [4.69, 9.17) is 4.74 Å². The van der Waals surface area contributed by atoms with Crippen molar-refractivity contribution >= 4 is 0 Å². The first-order valence-corrected chi connectivity index (χ1v) is 6.41. The Morgan fingerprint density at radius 1 is 1.31 bits per heavy atom. The Labute approximate surface area is 99.9 Å². The lowest BCUT2D eigenvalue weighted by atomic mass is 10.2. The maximum Gasteiger partial charge on any atom is 0.0826 e. The molecule has 0 spiro atoms. The van der Waals surface area contributed by atoms with Crippen LogP contribution in [0.25, 0.3) is 0 Å². The van der Waals surface area contributed by atoms with Crippen LogP contribution in [-0.2, 0) is 4.74 Å². The highest BCUT2D eigenvalue weighted by molar-refractivity contribution is 4.71. The van der Waals surface area contributed by atoms with Crippen LogP contribution in [0.3, 0.4) is 0 Å². The van der Waals surface area contributed by atoms with E-state index in [-0.39, 0.29) is 0 Å². The minimum absolute atomic E-state index is 0.382. The van der Waals surface area contributed by atoms with E-state index in [1.165, 1.54) is 19.5 Å². The summed E-state index contributed by atoms with van der Waals surface area (Å²) < 4.78 is 5.72. The maximum atomic E-state index is 5.72. The van der Waals surface area contributed by atoms with Crippen LogP contribution >= 0.6 is 0 Å². The van der Waals surface area contributed by atoms with Gasteiger partial charge in [-0.15, -0.1) is 0 Å². The Bertz CT molecular complexity index is 170. The fraction of sp³-hybridized carbons (Fsp3) is 1.00. The average Bonchev–Trinajstić information content (AvgIpc) is 2.28. The summed E-state index contributed by atoms with van der Waals surface area (Å²) in [5.74, 6) is 0. The Kier molecular flexibility index (Phi) is 6.96. The molecule has 4 heteroatoms. The van der Waals surface area contributed by atoms with Gasteiger partial charge in [-0.05, 0) is 40.2 Å². The smallest absolute Gasteiger partial charge is 0.0826 e. The molecule has 0 saturated carbocycles. The quantitative estimate of drug-likeness (QED) is 0.677. The molecule has 1 atom stereocenters. The van der Waals surface area contributed by atoms with Gasteiger partial charge in [0, 0.05) is 19.6 Å². The predicted octanol–water partition coefficient (Wildman–Crippen LogP) is 0.248. The van der Waals surface area contributed by atoms with Crippen LogP contribution < -0.4 is 5.32 Å². The van der Waals surface area contributed by atoms with E-state index in [0.717, 1.165) is 32.8 Å². The second kappa shape index (κ2) is 8.01. The van der Waals surface area contributed by atoms with Crippen molar-refractivity contribution in [1.82, 2.24) is 15.1 Å². The number of hydrogen-bond donors (Lipinski definition) is 1. The Morgan fingerprint density at radius 2 is 2.12 bits per heavy atom. The van der Waals surface area contributed by atoms with Crippen LogP contribution in [0.1, 0.15) is 13.3 Å². The van der Waals surface area contributed by atoms with Crippen LogP contribution in [0.5, 0.6) is 0 Å². The molecule has 1 saturated heterocycles. The van der Waals surface area contributed by atoms with Crippen LogP contribution in [0.2, 0.25) is 0 Å². The van der Waals surface area contributed by atoms with E-state index in [0.29, 0.717) is 6.10 Å². The lowest BCUT2D eigenvalue weighted by Crippen LogP contribution is -2.45. The largest absolute Gasteiger partial charge is 0.374 e. The second-order valence-electron chi connectivity index (χ2n) is 4.75. The van der Waals surface area contributed by atoms with Crippen molar-refractivity contribution < 1.29 is 4.74 Å². The molecule has 0 radical (unpaired) electrons. The van der Waals surface area contributed by atoms with Crippen molar-refractivity contribution in [2.75, 3.05) is 60.0 Å². The van der Waals surface area contributed by atoms with E-state index in [1.807, 2.05) is 0 Å². The first kappa shape index (κ1) is 13.9. The molecule has 16 heavy (non-hydrogen) atoms. The maximum absolute atomic E-state index is 5.72. The fourth-order valence-electron chi connectivity index (χ4n) is 2.01. The molecule has 1 aliphatic rings. The number of ether oxygens (including phenoxy) is 1. The third-order valence-corrected chi connectivity index (χ3v) is 2.99. The molecule has 0 aromatic heterocycles. The van der Waals surface area contributed by atoms with Gasteiger partial charge in [0.1, 0.15) is 0 Å². The van der Waals surface area contributed by atoms with Gasteiger partial charge in [-0.1, -0.05) is 6.92 Å². The van der Waals surface area contributed by atoms with Gasteiger partial charge in [-0.3, -0.25) is 0 Å². The number of likely N-dealkylation sites (N-methyl/N-ethyl adjacent to an activating group) is 1. The first-order chi connectivity index (χ1) is 7.72. The number of hydrogen-bond acceptors (Lipinski definition) is 4. The number of nitrogens with zero attached hydrogens (tertiary/aromatic N) is 2. The summed E-state index contributed by atoms with van der Waals surface area (Å²) in [6.07, 6.45) is 1.62. The molecule has 0 bridgehead atoms. The highest BCUT2D eigenvalue weighted by atomic mass is 16.5.